The van der Waals surface area contributed by atoms with Crippen LogP contribution in [0.5, 0.6) is 0 Å². The van der Waals surface area contributed by atoms with Gasteiger partial charge in [-0.1, -0.05) is 11.6 Å². The Labute approximate surface area is 112 Å². The first kappa shape index (κ1) is 13.6. The summed E-state index contributed by atoms with van der Waals surface area (Å²) >= 11 is 5.79. The van der Waals surface area contributed by atoms with Gasteiger partial charge in [0.05, 0.1) is 5.02 Å². The lowest BCUT2D eigenvalue weighted by atomic mass is 10.0. The summed E-state index contributed by atoms with van der Waals surface area (Å²) in [4.78, 5) is 3.80. The van der Waals surface area contributed by atoms with Crippen molar-refractivity contribution >= 4 is 27.4 Å². The normalized spacial score (nSPS) is 16.8. The van der Waals surface area contributed by atoms with Crippen LogP contribution in [0.2, 0.25) is 5.02 Å². The number of hydrogen-bond donors (Lipinski definition) is 2. The summed E-state index contributed by atoms with van der Waals surface area (Å²) in [6, 6.07) is 1.31. The van der Waals surface area contributed by atoms with Gasteiger partial charge in [-0.25, -0.2) is 18.1 Å². The van der Waals surface area contributed by atoms with Gasteiger partial charge in [0.1, 0.15) is 10.7 Å². The molecule has 7 heteroatoms. The third-order valence-corrected chi connectivity index (χ3v) is 5.09. The van der Waals surface area contributed by atoms with E-state index in [0.29, 0.717) is 5.92 Å². The van der Waals surface area contributed by atoms with Gasteiger partial charge in [0.25, 0.3) is 0 Å². The van der Waals surface area contributed by atoms with E-state index in [1.807, 2.05) is 13.8 Å². The lowest BCUT2D eigenvalue weighted by Gasteiger charge is -2.25. The molecule has 100 valence electrons. The molecule has 2 rings (SSSR count). The zero-order valence-electron chi connectivity index (χ0n) is 10.3. The third-order valence-electron chi connectivity index (χ3n) is 3.15. The van der Waals surface area contributed by atoms with Crippen LogP contribution in [0.25, 0.3) is 0 Å². The fourth-order valence-electron chi connectivity index (χ4n) is 1.87. The molecule has 1 aliphatic carbocycles. The van der Waals surface area contributed by atoms with Crippen molar-refractivity contribution < 1.29 is 8.42 Å². The fraction of sp³-hybridized carbons (Fsp3) is 0.545. The van der Waals surface area contributed by atoms with Crippen LogP contribution < -0.4 is 10.5 Å². The smallest absolute Gasteiger partial charge is 0.242 e. The molecule has 1 aromatic rings. The standard InChI is InChI=1S/C11H16ClN3O2S/c1-11(2,7-3-4-7)15-18(16,17)8-5-9(12)10(13)14-6-8/h5-7,15H,3-4H2,1-2H3,(H2,13,14). The van der Waals surface area contributed by atoms with Crippen molar-refractivity contribution in [3.05, 3.63) is 17.3 Å². The number of nitrogen functional groups attached to an aromatic ring is 1. The zero-order valence-corrected chi connectivity index (χ0v) is 11.8. The summed E-state index contributed by atoms with van der Waals surface area (Å²) < 4.78 is 27.1. The minimum atomic E-state index is -3.61. The van der Waals surface area contributed by atoms with Crippen molar-refractivity contribution in [2.75, 3.05) is 5.73 Å². The van der Waals surface area contributed by atoms with Crippen molar-refractivity contribution in [3.8, 4) is 0 Å². The van der Waals surface area contributed by atoms with E-state index in [1.165, 1.54) is 12.3 Å². The molecule has 1 aromatic heterocycles. The highest BCUT2D eigenvalue weighted by atomic mass is 35.5. The third kappa shape index (κ3) is 2.76. The van der Waals surface area contributed by atoms with Crippen molar-refractivity contribution in [1.82, 2.24) is 9.71 Å². The maximum Gasteiger partial charge on any atom is 0.242 e. The van der Waals surface area contributed by atoms with Crippen molar-refractivity contribution in [3.63, 3.8) is 0 Å². The van der Waals surface area contributed by atoms with E-state index in [-0.39, 0.29) is 15.7 Å². The number of halogens is 1. The van der Waals surface area contributed by atoms with Crippen molar-refractivity contribution in [1.29, 1.82) is 0 Å². The Morgan fingerprint density at radius 3 is 2.61 bits per heavy atom. The zero-order chi connectivity index (χ0) is 13.6. The number of aromatic nitrogens is 1. The second-order valence-corrected chi connectivity index (χ2v) is 7.23. The fourth-order valence-corrected chi connectivity index (χ4v) is 3.54. The number of anilines is 1. The number of sulfonamides is 1. The van der Waals surface area contributed by atoms with E-state index in [9.17, 15) is 8.42 Å². The van der Waals surface area contributed by atoms with E-state index < -0.39 is 15.6 Å². The summed E-state index contributed by atoms with van der Waals surface area (Å²) in [7, 11) is -3.61. The molecule has 18 heavy (non-hydrogen) atoms. The molecule has 0 aliphatic heterocycles. The van der Waals surface area contributed by atoms with Crippen LogP contribution in [-0.2, 0) is 10.0 Å². The van der Waals surface area contributed by atoms with Gasteiger partial charge in [0.15, 0.2) is 0 Å². The predicted molar refractivity (Wildman–Crippen MR) is 70.8 cm³/mol. The minimum Gasteiger partial charge on any atom is -0.382 e. The van der Waals surface area contributed by atoms with Gasteiger partial charge in [-0.05, 0) is 38.7 Å². The summed E-state index contributed by atoms with van der Waals surface area (Å²) in [5, 5.41) is 0.141. The molecule has 0 amide bonds. The van der Waals surface area contributed by atoms with E-state index in [1.54, 1.807) is 0 Å². The second-order valence-electron chi connectivity index (χ2n) is 5.14. The van der Waals surface area contributed by atoms with E-state index in [2.05, 4.69) is 9.71 Å². The van der Waals surface area contributed by atoms with E-state index in [0.717, 1.165) is 12.8 Å². The summed E-state index contributed by atoms with van der Waals surface area (Å²) in [5.74, 6) is 0.515. The van der Waals surface area contributed by atoms with Crippen molar-refractivity contribution in [2.24, 2.45) is 5.92 Å². The Morgan fingerprint density at radius 1 is 1.50 bits per heavy atom. The molecule has 0 aromatic carbocycles. The van der Waals surface area contributed by atoms with Gasteiger partial charge in [-0.15, -0.1) is 0 Å². The molecule has 1 aliphatic rings. The predicted octanol–water partition coefficient (Wildman–Crippen LogP) is 1.78. The summed E-state index contributed by atoms with van der Waals surface area (Å²) in [6.07, 6.45) is 3.32. The van der Waals surface area contributed by atoms with Gasteiger partial charge < -0.3 is 5.73 Å². The van der Waals surface area contributed by atoms with Crippen molar-refractivity contribution in [2.45, 2.75) is 37.1 Å². The Balaban J connectivity index is 2.27. The van der Waals surface area contributed by atoms with Crippen LogP contribution in [-0.4, -0.2) is 18.9 Å². The van der Waals surface area contributed by atoms with E-state index >= 15 is 0 Å². The van der Waals surface area contributed by atoms with Crippen LogP contribution in [0, 0.1) is 5.92 Å². The number of pyridine rings is 1. The molecule has 0 atom stereocenters. The largest absolute Gasteiger partial charge is 0.382 e. The lowest BCUT2D eigenvalue weighted by Crippen LogP contribution is -2.45. The first-order valence-electron chi connectivity index (χ1n) is 5.67. The Kier molecular flexibility index (Phi) is 3.29. The summed E-state index contributed by atoms with van der Waals surface area (Å²) in [6.45, 7) is 3.77. The van der Waals surface area contributed by atoms with Gasteiger partial charge >= 0.3 is 0 Å². The van der Waals surface area contributed by atoms with Gasteiger partial charge in [0, 0.05) is 11.7 Å². The first-order valence-corrected chi connectivity index (χ1v) is 7.53. The molecule has 3 N–H and O–H groups in total. The molecule has 5 nitrogen and oxygen atoms in total. The van der Waals surface area contributed by atoms with Crippen LogP contribution in [0.15, 0.2) is 17.2 Å². The molecule has 0 radical (unpaired) electrons. The number of rotatable bonds is 4. The highest BCUT2D eigenvalue weighted by Gasteiger charge is 2.40. The Bertz CT molecular complexity index is 568. The van der Waals surface area contributed by atoms with Crippen LogP contribution in [0.1, 0.15) is 26.7 Å². The molecular formula is C11H16ClN3O2S. The van der Waals surface area contributed by atoms with Gasteiger partial charge in [-0.2, -0.15) is 0 Å². The molecule has 1 heterocycles. The topological polar surface area (TPSA) is 85.1 Å². The molecule has 1 saturated carbocycles. The van der Waals surface area contributed by atoms with Gasteiger partial charge in [-0.3, -0.25) is 0 Å². The number of hydrogen-bond acceptors (Lipinski definition) is 4. The van der Waals surface area contributed by atoms with Gasteiger partial charge in [0.2, 0.25) is 10.0 Å². The average molecular weight is 290 g/mol. The Morgan fingerprint density at radius 2 is 2.11 bits per heavy atom. The monoisotopic (exact) mass is 289 g/mol. The maximum atomic E-state index is 12.2. The molecule has 0 bridgehead atoms. The first-order chi connectivity index (χ1) is 8.22. The second kappa shape index (κ2) is 4.36. The number of nitrogens with zero attached hydrogens (tertiary/aromatic N) is 1. The number of nitrogens with two attached hydrogens (primary N) is 1. The maximum absolute atomic E-state index is 12.2. The number of nitrogens with one attached hydrogen (secondary N) is 1. The van der Waals surface area contributed by atoms with Crippen LogP contribution in [0.3, 0.4) is 0 Å². The summed E-state index contributed by atoms with van der Waals surface area (Å²) in [5.41, 5.74) is 5.01. The minimum absolute atomic E-state index is 0.0374. The molecule has 0 saturated heterocycles. The Hall–Kier alpha value is -0.850. The van der Waals surface area contributed by atoms with E-state index in [4.69, 9.17) is 17.3 Å². The van der Waals surface area contributed by atoms with Crippen LogP contribution >= 0.6 is 11.6 Å². The van der Waals surface area contributed by atoms with Crippen LogP contribution in [0.4, 0.5) is 5.82 Å². The molecular weight excluding hydrogens is 274 g/mol. The lowest BCUT2D eigenvalue weighted by molar-refractivity contribution is 0.400. The average Bonchev–Trinajstić information content (AvgIpc) is 3.03. The SMILES string of the molecule is CC(C)(NS(=O)(=O)c1cnc(N)c(Cl)c1)C1CC1. The molecule has 0 unspecified atom stereocenters. The highest BCUT2D eigenvalue weighted by Crippen LogP contribution is 2.40. The highest BCUT2D eigenvalue weighted by molar-refractivity contribution is 7.89. The molecule has 1 fully saturated rings. The quantitative estimate of drug-likeness (QED) is 0.885. The molecule has 0 spiro atoms.